The van der Waals surface area contributed by atoms with Crippen molar-refractivity contribution in [3.05, 3.63) is 59.4 Å². The van der Waals surface area contributed by atoms with E-state index >= 15 is 0 Å². The Morgan fingerprint density at radius 2 is 1.91 bits per heavy atom. The quantitative estimate of drug-likeness (QED) is 0.661. The van der Waals surface area contributed by atoms with Crippen molar-refractivity contribution in [2.24, 2.45) is 0 Å². The van der Waals surface area contributed by atoms with E-state index in [-0.39, 0.29) is 16.3 Å². The fraction of sp³-hybridized carbons (Fsp3) is 0.0714. The van der Waals surface area contributed by atoms with Crippen molar-refractivity contribution in [1.29, 1.82) is 0 Å². The van der Waals surface area contributed by atoms with E-state index in [0.29, 0.717) is 11.3 Å². The molecule has 2 aromatic carbocycles. The van der Waals surface area contributed by atoms with Gasteiger partial charge < -0.3 is 0 Å². The summed E-state index contributed by atoms with van der Waals surface area (Å²) < 4.78 is 35.6. The summed E-state index contributed by atoms with van der Waals surface area (Å²) in [5, 5.41) is 0. The number of anilines is 1. The highest BCUT2D eigenvalue weighted by Crippen LogP contribution is 2.16. The van der Waals surface area contributed by atoms with Crippen LogP contribution in [-0.2, 0) is 9.05 Å². The first-order valence-electron chi connectivity index (χ1n) is 6.14. The number of amides is 1. The van der Waals surface area contributed by atoms with Crippen molar-refractivity contribution < 1.29 is 17.6 Å². The molecule has 22 heavy (non-hydrogen) atoms. The summed E-state index contributed by atoms with van der Waals surface area (Å²) in [4.78, 5) is 11.8. The lowest BCUT2D eigenvalue weighted by molar-refractivity contribution is 0.0962. The summed E-state index contributed by atoms with van der Waals surface area (Å²) in [6, 6.07) is 9.55. The largest absolute Gasteiger partial charge is 0.298 e. The molecule has 0 spiro atoms. The zero-order valence-electron chi connectivity index (χ0n) is 11.4. The number of carbonyl (C=O) groups is 1. The molecule has 0 aromatic heterocycles. The standard InChI is InChI=1S/C14H12ClFN2O3S/c1-9-7-11(5-6-13(9)16)17-18-14(19)10-3-2-4-12(8-10)22(15,20)21/h2-8,17H,1H3,(H,18,19). The highest BCUT2D eigenvalue weighted by molar-refractivity contribution is 8.13. The molecule has 0 bridgehead atoms. The van der Waals surface area contributed by atoms with Gasteiger partial charge in [-0.15, -0.1) is 0 Å². The molecule has 1 amide bonds. The molecule has 116 valence electrons. The summed E-state index contributed by atoms with van der Waals surface area (Å²) in [5.74, 6) is -0.902. The third-order valence-corrected chi connectivity index (χ3v) is 4.21. The van der Waals surface area contributed by atoms with Gasteiger partial charge in [-0.1, -0.05) is 6.07 Å². The van der Waals surface area contributed by atoms with Crippen LogP contribution < -0.4 is 10.9 Å². The van der Waals surface area contributed by atoms with Crippen LogP contribution in [-0.4, -0.2) is 14.3 Å². The lowest BCUT2D eigenvalue weighted by Crippen LogP contribution is -2.29. The zero-order chi connectivity index (χ0) is 16.3. The number of halogens is 2. The molecule has 0 aliphatic heterocycles. The summed E-state index contributed by atoms with van der Waals surface area (Å²) in [7, 11) is 1.32. The second-order valence-electron chi connectivity index (χ2n) is 4.51. The normalized spacial score (nSPS) is 11.0. The van der Waals surface area contributed by atoms with Crippen molar-refractivity contribution in [3.8, 4) is 0 Å². The molecule has 0 saturated carbocycles. The van der Waals surface area contributed by atoms with Crippen LogP contribution in [0.15, 0.2) is 47.4 Å². The van der Waals surface area contributed by atoms with Crippen LogP contribution >= 0.6 is 10.7 Å². The van der Waals surface area contributed by atoms with Crippen LogP contribution in [0.2, 0.25) is 0 Å². The molecular weight excluding hydrogens is 331 g/mol. The molecule has 0 radical (unpaired) electrons. The monoisotopic (exact) mass is 342 g/mol. The number of benzene rings is 2. The Labute approximate surface area is 131 Å². The Bertz CT molecular complexity index is 825. The van der Waals surface area contributed by atoms with Crippen LogP contribution in [0.25, 0.3) is 0 Å². The average molecular weight is 343 g/mol. The first-order valence-corrected chi connectivity index (χ1v) is 8.45. The van der Waals surface area contributed by atoms with Crippen molar-refractivity contribution >= 4 is 31.3 Å². The second-order valence-corrected chi connectivity index (χ2v) is 7.07. The topological polar surface area (TPSA) is 75.3 Å². The Balaban J connectivity index is 2.11. The lowest BCUT2D eigenvalue weighted by atomic mass is 10.2. The summed E-state index contributed by atoms with van der Waals surface area (Å²) in [6.45, 7) is 1.59. The molecule has 2 N–H and O–H groups in total. The number of hydrogen-bond acceptors (Lipinski definition) is 4. The zero-order valence-corrected chi connectivity index (χ0v) is 13.0. The molecule has 0 atom stereocenters. The molecule has 2 rings (SSSR count). The van der Waals surface area contributed by atoms with Crippen molar-refractivity contribution in [3.63, 3.8) is 0 Å². The van der Waals surface area contributed by atoms with Gasteiger partial charge in [-0.05, 0) is 48.9 Å². The van der Waals surface area contributed by atoms with Gasteiger partial charge in [-0.2, -0.15) is 0 Å². The van der Waals surface area contributed by atoms with Gasteiger partial charge in [0.25, 0.3) is 15.0 Å². The predicted molar refractivity (Wildman–Crippen MR) is 81.7 cm³/mol. The Morgan fingerprint density at radius 3 is 2.55 bits per heavy atom. The van der Waals surface area contributed by atoms with Crippen LogP contribution in [0.3, 0.4) is 0 Å². The third kappa shape index (κ3) is 3.96. The fourth-order valence-corrected chi connectivity index (χ4v) is 2.51. The van der Waals surface area contributed by atoms with Gasteiger partial charge in [0.05, 0.1) is 10.6 Å². The SMILES string of the molecule is Cc1cc(NNC(=O)c2cccc(S(=O)(=O)Cl)c2)ccc1F. The molecule has 2 aromatic rings. The molecule has 0 heterocycles. The van der Waals surface area contributed by atoms with E-state index in [1.54, 1.807) is 6.92 Å². The fourth-order valence-electron chi connectivity index (χ4n) is 1.71. The van der Waals surface area contributed by atoms with E-state index in [2.05, 4.69) is 10.9 Å². The Kier molecular flexibility index (Phi) is 4.68. The van der Waals surface area contributed by atoms with E-state index in [4.69, 9.17) is 10.7 Å². The molecule has 0 saturated heterocycles. The van der Waals surface area contributed by atoms with Crippen molar-refractivity contribution in [1.82, 2.24) is 5.43 Å². The molecule has 5 nitrogen and oxygen atoms in total. The number of hydrazine groups is 1. The van der Waals surface area contributed by atoms with E-state index in [0.717, 1.165) is 6.07 Å². The molecule has 0 aliphatic rings. The Morgan fingerprint density at radius 1 is 1.18 bits per heavy atom. The van der Waals surface area contributed by atoms with Gasteiger partial charge in [0.1, 0.15) is 5.82 Å². The third-order valence-electron chi connectivity index (χ3n) is 2.86. The maximum Gasteiger partial charge on any atom is 0.269 e. The summed E-state index contributed by atoms with van der Waals surface area (Å²) in [5.41, 5.74) is 6.05. The minimum absolute atomic E-state index is 0.119. The molecule has 0 aliphatic carbocycles. The minimum atomic E-state index is -3.91. The maximum atomic E-state index is 13.1. The molecule has 8 heteroatoms. The number of hydrogen-bond donors (Lipinski definition) is 2. The first-order chi connectivity index (χ1) is 10.3. The van der Waals surface area contributed by atoms with Crippen LogP contribution in [0, 0.1) is 12.7 Å². The van der Waals surface area contributed by atoms with Gasteiger partial charge in [0.15, 0.2) is 0 Å². The molecule has 0 unspecified atom stereocenters. The van der Waals surface area contributed by atoms with Crippen molar-refractivity contribution in [2.45, 2.75) is 11.8 Å². The number of rotatable bonds is 4. The van der Waals surface area contributed by atoms with Gasteiger partial charge >= 0.3 is 0 Å². The summed E-state index contributed by atoms with van der Waals surface area (Å²) >= 11 is 0. The molecule has 0 fully saturated rings. The van der Waals surface area contributed by atoms with E-state index in [1.807, 2.05) is 0 Å². The highest BCUT2D eigenvalue weighted by atomic mass is 35.7. The van der Waals surface area contributed by atoms with Crippen LogP contribution in [0.4, 0.5) is 10.1 Å². The van der Waals surface area contributed by atoms with E-state index in [9.17, 15) is 17.6 Å². The first kappa shape index (κ1) is 16.3. The average Bonchev–Trinajstić information content (AvgIpc) is 2.47. The van der Waals surface area contributed by atoms with Gasteiger partial charge in [-0.25, -0.2) is 12.8 Å². The number of aryl methyl sites for hydroxylation is 1. The van der Waals surface area contributed by atoms with E-state index < -0.39 is 15.0 Å². The maximum absolute atomic E-state index is 13.1. The van der Waals surface area contributed by atoms with Crippen molar-refractivity contribution in [2.75, 3.05) is 5.43 Å². The Hall–Kier alpha value is -2.12. The number of carbonyl (C=O) groups excluding carboxylic acids is 1. The van der Waals surface area contributed by atoms with Gasteiger partial charge in [0.2, 0.25) is 0 Å². The van der Waals surface area contributed by atoms with Crippen LogP contribution in [0.1, 0.15) is 15.9 Å². The minimum Gasteiger partial charge on any atom is -0.298 e. The van der Waals surface area contributed by atoms with Gasteiger partial charge in [0, 0.05) is 16.2 Å². The number of nitrogens with one attached hydrogen (secondary N) is 2. The van der Waals surface area contributed by atoms with Gasteiger partial charge in [-0.3, -0.25) is 15.6 Å². The lowest BCUT2D eigenvalue weighted by Gasteiger charge is -2.10. The summed E-state index contributed by atoms with van der Waals surface area (Å²) in [6.07, 6.45) is 0. The predicted octanol–water partition coefficient (Wildman–Crippen LogP) is 2.82. The second kappa shape index (κ2) is 6.33. The molecular formula is C14H12ClFN2O3S. The highest BCUT2D eigenvalue weighted by Gasteiger charge is 2.13. The van der Waals surface area contributed by atoms with Crippen LogP contribution in [0.5, 0.6) is 0 Å². The smallest absolute Gasteiger partial charge is 0.269 e. The van der Waals surface area contributed by atoms with E-state index in [1.165, 1.54) is 36.4 Å².